The van der Waals surface area contributed by atoms with Crippen LogP contribution in [0.3, 0.4) is 0 Å². The lowest BCUT2D eigenvalue weighted by Crippen LogP contribution is -1.94. The summed E-state index contributed by atoms with van der Waals surface area (Å²) in [4.78, 5) is 3.38. The van der Waals surface area contributed by atoms with Gasteiger partial charge >= 0.3 is 0 Å². The number of nitrogens with two attached hydrogens (primary N) is 1. The Hall–Kier alpha value is -2.57. The maximum absolute atomic E-state index is 8.80. The SMILES string of the molecule is N#Cc1ccc(-c2cc3cc(CN)ccc3[nH]2)cc1. The summed E-state index contributed by atoms with van der Waals surface area (Å²) < 4.78 is 0. The fourth-order valence-corrected chi connectivity index (χ4v) is 2.19. The first kappa shape index (κ1) is 11.5. The van der Waals surface area contributed by atoms with Gasteiger partial charge in [0.25, 0.3) is 0 Å². The summed E-state index contributed by atoms with van der Waals surface area (Å²) in [5, 5.41) is 9.96. The molecule has 0 aliphatic heterocycles. The number of nitrogens with zero attached hydrogens (tertiary/aromatic N) is 1. The molecule has 19 heavy (non-hydrogen) atoms. The second-order valence-electron chi connectivity index (χ2n) is 4.50. The van der Waals surface area contributed by atoms with Gasteiger partial charge in [0.2, 0.25) is 0 Å². The molecular weight excluding hydrogens is 234 g/mol. The number of H-pyrrole nitrogens is 1. The molecule has 0 saturated heterocycles. The first-order chi connectivity index (χ1) is 9.30. The standard InChI is InChI=1S/C16H13N3/c17-9-11-1-4-13(5-2-11)16-8-14-7-12(10-18)3-6-15(14)19-16/h1-8,19H,10,18H2. The molecule has 0 radical (unpaired) electrons. The molecule has 92 valence electrons. The van der Waals surface area contributed by atoms with Crippen molar-refractivity contribution < 1.29 is 0 Å². The van der Waals surface area contributed by atoms with Crippen LogP contribution in [-0.2, 0) is 6.54 Å². The van der Waals surface area contributed by atoms with Crippen molar-refractivity contribution in [3.05, 3.63) is 59.7 Å². The second-order valence-corrected chi connectivity index (χ2v) is 4.50. The molecule has 0 amide bonds. The van der Waals surface area contributed by atoms with E-state index >= 15 is 0 Å². The highest BCUT2D eigenvalue weighted by molar-refractivity contribution is 5.86. The van der Waals surface area contributed by atoms with E-state index in [2.05, 4.69) is 23.2 Å². The topological polar surface area (TPSA) is 65.6 Å². The van der Waals surface area contributed by atoms with Crippen LogP contribution in [0.4, 0.5) is 0 Å². The van der Waals surface area contributed by atoms with Crippen LogP contribution < -0.4 is 5.73 Å². The van der Waals surface area contributed by atoms with Gasteiger partial charge in [-0.1, -0.05) is 18.2 Å². The molecule has 0 aliphatic rings. The van der Waals surface area contributed by atoms with E-state index in [1.807, 2.05) is 36.4 Å². The Balaban J connectivity index is 2.07. The fraction of sp³-hybridized carbons (Fsp3) is 0.0625. The minimum atomic E-state index is 0.549. The number of hydrogen-bond donors (Lipinski definition) is 2. The third-order valence-electron chi connectivity index (χ3n) is 3.25. The minimum absolute atomic E-state index is 0.549. The number of aromatic amines is 1. The van der Waals surface area contributed by atoms with Crippen molar-refractivity contribution in [3.63, 3.8) is 0 Å². The van der Waals surface area contributed by atoms with Crippen LogP contribution in [-0.4, -0.2) is 4.98 Å². The molecule has 0 atom stereocenters. The summed E-state index contributed by atoms with van der Waals surface area (Å²) in [6, 6.07) is 18.0. The monoisotopic (exact) mass is 247 g/mol. The normalized spacial score (nSPS) is 10.5. The van der Waals surface area contributed by atoms with E-state index in [4.69, 9.17) is 11.0 Å². The molecule has 0 saturated carbocycles. The van der Waals surface area contributed by atoms with Gasteiger partial charge in [0.05, 0.1) is 11.6 Å². The van der Waals surface area contributed by atoms with Gasteiger partial charge < -0.3 is 10.7 Å². The van der Waals surface area contributed by atoms with Crippen molar-refractivity contribution in [3.8, 4) is 17.3 Å². The van der Waals surface area contributed by atoms with Crippen molar-refractivity contribution in [2.24, 2.45) is 5.73 Å². The van der Waals surface area contributed by atoms with Crippen LogP contribution >= 0.6 is 0 Å². The number of benzene rings is 2. The average Bonchev–Trinajstić information content (AvgIpc) is 2.90. The summed E-state index contributed by atoms with van der Waals surface area (Å²) in [6.45, 7) is 0.549. The molecule has 0 fully saturated rings. The van der Waals surface area contributed by atoms with E-state index in [-0.39, 0.29) is 0 Å². The molecule has 3 N–H and O–H groups in total. The third-order valence-corrected chi connectivity index (χ3v) is 3.25. The number of hydrogen-bond acceptors (Lipinski definition) is 2. The quantitative estimate of drug-likeness (QED) is 0.730. The van der Waals surface area contributed by atoms with Gasteiger partial charge in [-0.25, -0.2) is 0 Å². The summed E-state index contributed by atoms with van der Waals surface area (Å²) in [5.41, 5.74) is 10.7. The summed E-state index contributed by atoms with van der Waals surface area (Å²) in [5.74, 6) is 0. The van der Waals surface area contributed by atoms with Gasteiger partial charge in [-0.15, -0.1) is 0 Å². The van der Waals surface area contributed by atoms with E-state index < -0.39 is 0 Å². The number of nitriles is 1. The van der Waals surface area contributed by atoms with E-state index in [0.29, 0.717) is 12.1 Å². The zero-order valence-electron chi connectivity index (χ0n) is 10.4. The number of nitrogens with one attached hydrogen (secondary N) is 1. The van der Waals surface area contributed by atoms with Crippen LogP contribution in [0.5, 0.6) is 0 Å². The highest BCUT2D eigenvalue weighted by Gasteiger charge is 2.04. The third kappa shape index (κ3) is 2.10. The van der Waals surface area contributed by atoms with Gasteiger partial charge in [0, 0.05) is 23.1 Å². The van der Waals surface area contributed by atoms with Gasteiger partial charge in [-0.05, 0) is 41.5 Å². The first-order valence-electron chi connectivity index (χ1n) is 6.12. The van der Waals surface area contributed by atoms with E-state index in [9.17, 15) is 0 Å². The Labute approximate surface area is 111 Å². The van der Waals surface area contributed by atoms with Crippen molar-refractivity contribution >= 4 is 10.9 Å². The van der Waals surface area contributed by atoms with Gasteiger partial charge in [0.1, 0.15) is 0 Å². The Morgan fingerprint density at radius 2 is 1.84 bits per heavy atom. The summed E-state index contributed by atoms with van der Waals surface area (Å²) >= 11 is 0. The lowest BCUT2D eigenvalue weighted by Gasteiger charge is -1.97. The van der Waals surface area contributed by atoms with Gasteiger partial charge in [0.15, 0.2) is 0 Å². The van der Waals surface area contributed by atoms with Crippen LogP contribution in [0.15, 0.2) is 48.5 Å². The average molecular weight is 247 g/mol. The van der Waals surface area contributed by atoms with Crippen LogP contribution in [0.1, 0.15) is 11.1 Å². The predicted molar refractivity (Wildman–Crippen MR) is 76.3 cm³/mol. The molecule has 0 spiro atoms. The minimum Gasteiger partial charge on any atom is -0.355 e. The van der Waals surface area contributed by atoms with Gasteiger partial charge in [-0.3, -0.25) is 0 Å². The van der Waals surface area contributed by atoms with Crippen molar-refractivity contribution in [1.82, 2.24) is 4.98 Å². The Morgan fingerprint density at radius 3 is 2.53 bits per heavy atom. The Bertz CT molecular complexity index is 761. The smallest absolute Gasteiger partial charge is 0.0991 e. The molecule has 1 aromatic heterocycles. The zero-order valence-corrected chi connectivity index (χ0v) is 10.4. The maximum atomic E-state index is 8.80. The molecule has 3 aromatic rings. The largest absolute Gasteiger partial charge is 0.355 e. The Kier molecular flexibility index (Phi) is 2.79. The van der Waals surface area contributed by atoms with Crippen molar-refractivity contribution in [1.29, 1.82) is 5.26 Å². The predicted octanol–water partition coefficient (Wildman–Crippen LogP) is 3.17. The summed E-state index contributed by atoms with van der Waals surface area (Å²) in [6.07, 6.45) is 0. The molecule has 0 unspecified atom stereocenters. The van der Waals surface area contributed by atoms with E-state index in [0.717, 1.165) is 27.7 Å². The lowest BCUT2D eigenvalue weighted by atomic mass is 10.1. The number of fused-ring (bicyclic) bond motifs is 1. The van der Waals surface area contributed by atoms with Crippen molar-refractivity contribution in [2.45, 2.75) is 6.54 Å². The van der Waals surface area contributed by atoms with Gasteiger partial charge in [-0.2, -0.15) is 5.26 Å². The highest BCUT2D eigenvalue weighted by atomic mass is 14.7. The summed E-state index contributed by atoms with van der Waals surface area (Å²) in [7, 11) is 0. The highest BCUT2D eigenvalue weighted by Crippen LogP contribution is 2.25. The molecule has 3 rings (SSSR count). The van der Waals surface area contributed by atoms with Crippen LogP contribution in [0.25, 0.3) is 22.2 Å². The fourth-order valence-electron chi connectivity index (χ4n) is 2.19. The molecule has 3 nitrogen and oxygen atoms in total. The van der Waals surface area contributed by atoms with Crippen LogP contribution in [0.2, 0.25) is 0 Å². The number of aromatic nitrogens is 1. The van der Waals surface area contributed by atoms with E-state index in [1.165, 1.54) is 0 Å². The second kappa shape index (κ2) is 4.60. The van der Waals surface area contributed by atoms with E-state index in [1.54, 1.807) is 0 Å². The zero-order chi connectivity index (χ0) is 13.2. The molecule has 0 bridgehead atoms. The molecular formula is C16H13N3. The Morgan fingerprint density at radius 1 is 1.05 bits per heavy atom. The molecule has 0 aliphatic carbocycles. The maximum Gasteiger partial charge on any atom is 0.0991 e. The molecule has 1 heterocycles. The number of rotatable bonds is 2. The molecule has 3 heteroatoms. The van der Waals surface area contributed by atoms with Crippen LogP contribution in [0, 0.1) is 11.3 Å². The first-order valence-corrected chi connectivity index (χ1v) is 6.12. The van der Waals surface area contributed by atoms with Crippen molar-refractivity contribution in [2.75, 3.05) is 0 Å². The lowest BCUT2D eigenvalue weighted by molar-refractivity contribution is 1.08. The molecule has 2 aromatic carbocycles.